The average Bonchev–Trinajstić information content (AvgIpc) is 2.73. The molecule has 0 bridgehead atoms. The van der Waals surface area contributed by atoms with E-state index >= 15 is 0 Å². The Morgan fingerprint density at radius 3 is 1.83 bits per heavy atom. The van der Waals surface area contributed by atoms with Crippen molar-refractivity contribution in [3.05, 3.63) is 28.8 Å². The van der Waals surface area contributed by atoms with Gasteiger partial charge < -0.3 is 19.6 Å². The fraction of sp³-hybridized carbons (Fsp3) is 0.571. The first-order valence-corrected chi connectivity index (χ1v) is 10.5. The molecule has 0 N–H and O–H groups in total. The summed E-state index contributed by atoms with van der Waals surface area (Å²) in [4.78, 5) is 43.9. The molecule has 2 fully saturated rings. The van der Waals surface area contributed by atoms with Gasteiger partial charge in [-0.1, -0.05) is 17.7 Å². The smallest absolute Gasteiger partial charge is 0.223 e. The number of hydrogen-bond donors (Lipinski definition) is 0. The monoisotopic (exact) mass is 420 g/mol. The van der Waals surface area contributed by atoms with Crippen LogP contribution >= 0.6 is 11.6 Å². The van der Waals surface area contributed by atoms with E-state index in [1.807, 2.05) is 23.1 Å². The van der Waals surface area contributed by atoms with Crippen LogP contribution in [0.2, 0.25) is 5.02 Å². The van der Waals surface area contributed by atoms with Crippen LogP contribution in [-0.4, -0.2) is 84.8 Å². The first kappa shape index (κ1) is 21.4. The molecule has 3 rings (SSSR count). The number of hydrogen-bond acceptors (Lipinski definition) is 4. The minimum Gasteiger partial charge on any atom is -0.368 e. The van der Waals surface area contributed by atoms with E-state index in [9.17, 15) is 14.4 Å². The van der Waals surface area contributed by atoms with Crippen molar-refractivity contribution < 1.29 is 14.4 Å². The van der Waals surface area contributed by atoms with Gasteiger partial charge in [-0.3, -0.25) is 14.4 Å². The second kappa shape index (κ2) is 9.48. The van der Waals surface area contributed by atoms with Gasteiger partial charge in [0.1, 0.15) is 0 Å². The largest absolute Gasteiger partial charge is 0.368 e. The van der Waals surface area contributed by atoms with E-state index < -0.39 is 0 Å². The van der Waals surface area contributed by atoms with Crippen LogP contribution in [-0.2, 0) is 14.4 Å². The Morgan fingerprint density at radius 2 is 1.31 bits per heavy atom. The predicted octanol–water partition coefficient (Wildman–Crippen LogP) is 1.77. The van der Waals surface area contributed by atoms with E-state index in [4.69, 9.17) is 11.6 Å². The summed E-state index contributed by atoms with van der Waals surface area (Å²) in [7, 11) is 0. The van der Waals surface area contributed by atoms with Crippen LogP contribution in [0, 0.1) is 6.92 Å². The van der Waals surface area contributed by atoms with Crippen LogP contribution in [0.5, 0.6) is 0 Å². The third-order valence-corrected chi connectivity index (χ3v) is 6.01. The van der Waals surface area contributed by atoms with E-state index in [0.717, 1.165) is 18.8 Å². The SMILES string of the molecule is CC(=O)N1CCN(C(=O)CCC(=O)N2CCN(c3cc(Cl)ccc3C)CC2)CC1. The van der Waals surface area contributed by atoms with Gasteiger partial charge in [-0.2, -0.15) is 0 Å². The number of halogens is 1. The average molecular weight is 421 g/mol. The Hall–Kier alpha value is -2.28. The van der Waals surface area contributed by atoms with Crippen molar-refractivity contribution in [3.63, 3.8) is 0 Å². The summed E-state index contributed by atoms with van der Waals surface area (Å²) in [6.45, 7) is 8.65. The fourth-order valence-electron chi connectivity index (χ4n) is 3.92. The maximum Gasteiger partial charge on any atom is 0.223 e. The molecule has 0 saturated carbocycles. The Labute approximate surface area is 177 Å². The molecule has 8 heteroatoms. The highest BCUT2D eigenvalue weighted by Crippen LogP contribution is 2.25. The number of amides is 3. The number of rotatable bonds is 4. The maximum atomic E-state index is 12.6. The Bertz CT molecular complexity index is 769. The number of carbonyl (C=O) groups is 3. The fourth-order valence-corrected chi connectivity index (χ4v) is 4.09. The zero-order valence-corrected chi connectivity index (χ0v) is 18.0. The van der Waals surface area contributed by atoms with Gasteiger partial charge in [0, 0.05) is 82.8 Å². The van der Waals surface area contributed by atoms with Crippen molar-refractivity contribution in [2.45, 2.75) is 26.7 Å². The zero-order chi connectivity index (χ0) is 21.0. The molecule has 0 unspecified atom stereocenters. The minimum absolute atomic E-state index is 0.00487. The lowest BCUT2D eigenvalue weighted by Crippen LogP contribution is -2.51. The molecule has 29 heavy (non-hydrogen) atoms. The third kappa shape index (κ3) is 5.41. The molecule has 0 spiro atoms. The van der Waals surface area contributed by atoms with Crippen molar-refractivity contribution in [2.75, 3.05) is 57.3 Å². The molecule has 0 atom stereocenters. The highest BCUT2D eigenvalue weighted by Gasteiger charge is 2.25. The molecular formula is C21H29ClN4O3. The maximum absolute atomic E-state index is 12.6. The van der Waals surface area contributed by atoms with Gasteiger partial charge in [-0.05, 0) is 24.6 Å². The number of carbonyl (C=O) groups excluding carboxylic acids is 3. The molecule has 3 amide bonds. The van der Waals surface area contributed by atoms with E-state index in [1.54, 1.807) is 16.7 Å². The van der Waals surface area contributed by atoms with Crippen molar-refractivity contribution >= 4 is 35.0 Å². The second-order valence-corrected chi connectivity index (χ2v) is 8.12. The summed E-state index contributed by atoms with van der Waals surface area (Å²) in [6.07, 6.45) is 0.467. The second-order valence-electron chi connectivity index (χ2n) is 7.69. The molecule has 7 nitrogen and oxygen atoms in total. The van der Waals surface area contributed by atoms with Crippen LogP contribution in [0.3, 0.4) is 0 Å². The van der Waals surface area contributed by atoms with E-state index in [2.05, 4.69) is 11.8 Å². The molecule has 2 heterocycles. The Balaban J connectivity index is 1.42. The number of benzene rings is 1. The van der Waals surface area contributed by atoms with Gasteiger partial charge in [0.25, 0.3) is 0 Å². The molecule has 0 aromatic heterocycles. The zero-order valence-electron chi connectivity index (χ0n) is 17.2. The van der Waals surface area contributed by atoms with Crippen molar-refractivity contribution in [1.82, 2.24) is 14.7 Å². The van der Waals surface area contributed by atoms with Gasteiger partial charge in [0.05, 0.1) is 0 Å². The molecular weight excluding hydrogens is 392 g/mol. The van der Waals surface area contributed by atoms with Gasteiger partial charge in [-0.25, -0.2) is 0 Å². The van der Waals surface area contributed by atoms with Crippen molar-refractivity contribution in [3.8, 4) is 0 Å². The van der Waals surface area contributed by atoms with Gasteiger partial charge in [-0.15, -0.1) is 0 Å². The quantitative estimate of drug-likeness (QED) is 0.744. The minimum atomic E-state index is -0.00487. The van der Waals surface area contributed by atoms with Crippen LogP contribution < -0.4 is 4.90 Å². The topological polar surface area (TPSA) is 64.2 Å². The number of anilines is 1. The van der Waals surface area contributed by atoms with Crippen molar-refractivity contribution in [1.29, 1.82) is 0 Å². The first-order chi connectivity index (χ1) is 13.8. The highest BCUT2D eigenvalue weighted by atomic mass is 35.5. The predicted molar refractivity (Wildman–Crippen MR) is 113 cm³/mol. The Morgan fingerprint density at radius 1 is 0.828 bits per heavy atom. The summed E-state index contributed by atoms with van der Waals surface area (Å²) >= 11 is 6.13. The standard InChI is InChI=1S/C21H29ClN4O3/c1-16-3-4-18(22)15-19(16)24-9-13-26(14-10-24)21(29)6-5-20(28)25-11-7-23(8-12-25)17(2)27/h3-4,15H,5-14H2,1-2H3. The van der Waals surface area contributed by atoms with Crippen LogP contribution in [0.1, 0.15) is 25.3 Å². The molecule has 2 saturated heterocycles. The lowest BCUT2D eigenvalue weighted by Gasteiger charge is -2.37. The summed E-state index contributed by atoms with van der Waals surface area (Å²) in [6, 6.07) is 5.87. The molecule has 0 radical (unpaired) electrons. The van der Waals surface area contributed by atoms with Crippen LogP contribution in [0.4, 0.5) is 5.69 Å². The van der Waals surface area contributed by atoms with E-state index in [0.29, 0.717) is 44.3 Å². The van der Waals surface area contributed by atoms with E-state index in [-0.39, 0.29) is 30.6 Å². The lowest BCUT2D eigenvalue weighted by molar-refractivity contribution is -0.140. The lowest BCUT2D eigenvalue weighted by atomic mass is 10.1. The molecule has 1 aromatic carbocycles. The molecule has 2 aliphatic rings. The van der Waals surface area contributed by atoms with Gasteiger partial charge in [0.15, 0.2) is 0 Å². The van der Waals surface area contributed by atoms with Gasteiger partial charge in [0.2, 0.25) is 17.7 Å². The number of aryl methyl sites for hydroxylation is 1. The molecule has 1 aromatic rings. The summed E-state index contributed by atoms with van der Waals surface area (Å²) in [5, 5.41) is 0.715. The number of piperazine rings is 2. The highest BCUT2D eigenvalue weighted by molar-refractivity contribution is 6.30. The first-order valence-electron chi connectivity index (χ1n) is 10.2. The summed E-state index contributed by atoms with van der Waals surface area (Å²) in [5.41, 5.74) is 2.29. The third-order valence-electron chi connectivity index (χ3n) is 5.77. The van der Waals surface area contributed by atoms with Crippen LogP contribution in [0.15, 0.2) is 18.2 Å². The van der Waals surface area contributed by atoms with Gasteiger partial charge >= 0.3 is 0 Å². The number of nitrogens with zero attached hydrogens (tertiary/aromatic N) is 4. The normalized spacial score (nSPS) is 17.5. The van der Waals surface area contributed by atoms with Crippen molar-refractivity contribution in [2.24, 2.45) is 0 Å². The molecule has 0 aliphatic carbocycles. The summed E-state index contributed by atoms with van der Waals surface area (Å²) in [5.74, 6) is 0.0670. The Kier molecular flexibility index (Phi) is 7.00. The molecule has 158 valence electrons. The van der Waals surface area contributed by atoms with E-state index in [1.165, 1.54) is 5.56 Å². The summed E-state index contributed by atoms with van der Waals surface area (Å²) < 4.78 is 0. The molecule has 2 aliphatic heterocycles. The van der Waals surface area contributed by atoms with Crippen LogP contribution in [0.25, 0.3) is 0 Å².